The van der Waals surface area contributed by atoms with Crippen molar-refractivity contribution in [3.8, 4) is 0 Å². The van der Waals surface area contributed by atoms with Crippen molar-refractivity contribution >= 4 is 11.8 Å². The van der Waals surface area contributed by atoms with E-state index in [1.54, 1.807) is 17.0 Å². The summed E-state index contributed by atoms with van der Waals surface area (Å²) in [6, 6.07) is 11.8. The molecule has 0 bridgehead atoms. The third kappa shape index (κ3) is 5.35. The Labute approximate surface area is 194 Å². The van der Waals surface area contributed by atoms with E-state index < -0.39 is 23.5 Å². The zero-order valence-corrected chi connectivity index (χ0v) is 18.2. The lowest BCUT2D eigenvalue weighted by Crippen LogP contribution is -2.25. The number of alkyl halides is 3. The first-order valence-corrected chi connectivity index (χ1v) is 10.9. The Balaban J connectivity index is 1.49. The van der Waals surface area contributed by atoms with Gasteiger partial charge in [-0.1, -0.05) is 36.4 Å². The maximum Gasteiger partial charge on any atom is 0.416 e. The van der Waals surface area contributed by atoms with E-state index in [9.17, 15) is 18.0 Å². The van der Waals surface area contributed by atoms with Crippen LogP contribution < -0.4 is 4.90 Å². The Morgan fingerprint density at radius 1 is 1.00 bits per heavy atom. The molecule has 4 rings (SSSR count). The van der Waals surface area contributed by atoms with Crippen LogP contribution in [-0.2, 0) is 30.2 Å². The average Bonchev–Trinajstić information content (AvgIpc) is 3.28. The van der Waals surface area contributed by atoms with Crippen molar-refractivity contribution in [1.82, 2.24) is 9.97 Å². The second kappa shape index (κ2) is 9.79. The highest BCUT2D eigenvalue weighted by Crippen LogP contribution is 2.38. The number of rotatable bonds is 7. The fourth-order valence-electron chi connectivity index (χ4n) is 4.29. The minimum atomic E-state index is -4.40. The van der Waals surface area contributed by atoms with Crippen molar-refractivity contribution in [2.45, 2.75) is 44.3 Å². The van der Waals surface area contributed by atoms with Crippen LogP contribution in [0.25, 0.3) is 0 Å². The van der Waals surface area contributed by atoms with Crippen LogP contribution in [0.2, 0.25) is 0 Å². The summed E-state index contributed by atoms with van der Waals surface area (Å²) in [7, 11) is 0. The Hall–Kier alpha value is -3.49. The number of carboxylic acid groups (broad SMARTS) is 1. The van der Waals surface area contributed by atoms with E-state index in [1.165, 1.54) is 18.5 Å². The summed E-state index contributed by atoms with van der Waals surface area (Å²) in [5, 5.41) is 8.87. The predicted molar refractivity (Wildman–Crippen MR) is 118 cm³/mol. The van der Waals surface area contributed by atoms with Gasteiger partial charge in [0.25, 0.3) is 0 Å². The van der Waals surface area contributed by atoms with Gasteiger partial charge in [0.1, 0.15) is 6.33 Å². The Morgan fingerprint density at radius 3 is 2.32 bits per heavy atom. The molecular formula is C25H23F4N3O2. The summed E-state index contributed by atoms with van der Waals surface area (Å²) in [5.41, 5.74) is 1.85. The van der Waals surface area contributed by atoms with E-state index in [2.05, 4.69) is 9.97 Å². The molecule has 2 heterocycles. The maximum absolute atomic E-state index is 15.4. The highest BCUT2D eigenvalue weighted by atomic mass is 19.4. The van der Waals surface area contributed by atoms with E-state index >= 15 is 4.39 Å². The van der Waals surface area contributed by atoms with Crippen LogP contribution in [0, 0.1) is 5.82 Å². The molecule has 1 unspecified atom stereocenters. The predicted octanol–water partition coefficient (Wildman–Crippen LogP) is 5.39. The van der Waals surface area contributed by atoms with Crippen LogP contribution in [0.5, 0.6) is 0 Å². The second-order valence-corrected chi connectivity index (χ2v) is 8.32. The monoisotopic (exact) mass is 473 g/mol. The number of benzene rings is 2. The molecule has 178 valence electrons. The molecular weight excluding hydrogens is 450 g/mol. The van der Waals surface area contributed by atoms with E-state index in [1.807, 2.05) is 12.1 Å². The lowest BCUT2D eigenvalue weighted by molar-refractivity contribution is -0.138. The molecule has 1 fully saturated rings. The van der Waals surface area contributed by atoms with Gasteiger partial charge in [0.2, 0.25) is 0 Å². The van der Waals surface area contributed by atoms with Crippen molar-refractivity contribution in [3.63, 3.8) is 0 Å². The van der Waals surface area contributed by atoms with Gasteiger partial charge in [-0.05, 0) is 54.5 Å². The topological polar surface area (TPSA) is 66.3 Å². The molecule has 1 saturated heterocycles. The van der Waals surface area contributed by atoms with Gasteiger partial charge in [-0.15, -0.1) is 0 Å². The molecule has 0 amide bonds. The highest BCUT2D eigenvalue weighted by molar-refractivity contribution is 5.70. The molecule has 0 spiro atoms. The molecule has 1 aromatic heterocycles. The van der Waals surface area contributed by atoms with Crippen LogP contribution in [-0.4, -0.2) is 27.6 Å². The third-order valence-electron chi connectivity index (χ3n) is 6.02. The minimum Gasteiger partial charge on any atom is -0.481 e. The second-order valence-electron chi connectivity index (χ2n) is 8.32. The van der Waals surface area contributed by atoms with Crippen molar-refractivity contribution in [1.29, 1.82) is 0 Å². The van der Waals surface area contributed by atoms with Crippen LogP contribution >= 0.6 is 0 Å². The first-order chi connectivity index (χ1) is 16.2. The summed E-state index contributed by atoms with van der Waals surface area (Å²) in [6.07, 6.45) is -0.842. The van der Waals surface area contributed by atoms with E-state index in [4.69, 9.17) is 5.11 Å². The van der Waals surface area contributed by atoms with E-state index in [-0.39, 0.29) is 24.0 Å². The first kappa shape index (κ1) is 23.7. The summed E-state index contributed by atoms with van der Waals surface area (Å²) >= 11 is 0. The number of aryl methyl sites for hydroxylation is 2. The van der Waals surface area contributed by atoms with Crippen molar-refractivity contribution in [2.24, 2.45) is 0 Å². The molecule has 0 radical (unpaired) electrons. The number of aromatic nitrogens is 2. The Morgan fingerprint density at radius 2 is 1.68 bits per heavy atom. The smallest absolute Gasteiger partial charge is 0.416 e. The third-order valence-corrected chi connectivity index (χ3v) is 6.02. The summed E-state index contributed by atoms with van der Waals surface area (Å²) in [6.45, 7) is 0.546. The maximum atomic E-state index is 15.4. The normalized spacial score (nSPS) is 16.1. The van der Waals surface area contributed by atoms with Gasteiger partial charge in [0.15, 0.2) is 11.6 Å². The van der Waals surface area contributed by atoms with Crippen molar-refractivity contribution < 1.29 is 27.5 Å². The molecule has 34 heavy (non-hydrogen) atoms. The van der Waals surface area contributed by atoms with Gasteiger partial charge >= 0.3 is 12.1 Å². The molecule has 2 aromatic carbocycles. The SMILES string of the molecule is O=C(O)Cc1ccc(CCc2ncnc(N3CCCC3c3ccc(C(F)(F)F)cc3)c2F)cc1. The number of carbonyl (C=O) groups is 1. The van der Waals surface area contributed by atoms with Crippen LogP contribution in [0.3, 0.4) is 0 Å². The van der Waals surface area contributed by atoms with Gasteiger partial charge in [-0.3, -0.25) is 4.79 Å². The van der Waals surface area contributed by atoms with Crippen LogP contribution in [0.1, 0.15) is 46.8 Å². The van der Waals surface area contributed by atoms with Gasteiger partial charge in [-0.2, -0.15) is 13.2 Å². The number of carboxylic acids is 1. The Kier molecular flexibility index (Phi) is 6.81. The van der Waals surface area contributed by atoms with E-state index in [0.717, 1.165) is 24.1 Å². The quantitative estimate of drug-likeness (QED) is 0.466. The average molecular weight is 473 g/mol. The van der Waals surface area contributed by atoms with Crippen LogP contribution in [0.4, 0.5) is 23.4 Å². The number of hydrogen-bond donors (Lipinski definition) is 1. The number of aliphatic carboxylic acids is 1. The summed E-state index contributed by atoms with van der Waals surface area (Å²) in [5.74, 6) is -1.27. The molecule has 5 nitrogen and oxygen atoms in total. The largest absolute Gasteiger partial charge is 0.481 e. The van der Waals surface area contributed by atoms with Crippen molar-refractivity contribution in [3.05, 3.63) is 88.6 Å². The Bertz CT molecular complexity index is 1150. The molecule has 0 saturated carbocycles. The standard InChI is InChI=1S/C25H23F4N3O2/c26-23-20(12-7-16-3-5-17(6-4-16)14-22(33)34)30-15-31-24(23)32-13-1-2-21(32)18-8-10-19(11-9-18)25(27,28)29/h3-6,8-11,15,21H,1-2,7,12-14H2,(H,33,34). The summed E-state index contributed by atoms with van der Waals surface area (Å²) in [4.78, 5) is 20.9. The molecule has 3 aromatic rings. The molecule has 9 heteroatoms. The minimum absolute atomic E-state index is 0.0554. The molecule has 1 aliphatic heterocycles. The zero-order chi connectivity index (χ0) is 24.3. The van der Waals surface area contributed by atoms with Gasteiger partial charge in [0, 0.05) is 6.54 Å². The molecule has 1 aliphatic rings. The summed E-state index contributed by atoms with van der Waals surface area (Å²) < 4.78 is 54.1. The fraction of sp³-hybridized carbons (Fsp3) is 0.320. The number of nitrogens with zero attached hydrogens (tertiary/aromatic N) is 3. The number of halogens is 4. The molecule has 1 atom stereocenters. The first-order valence-electron chi connectivity index (χ1n) is 10.9. The lowest BCUT2D eigenvalue weighted by atomic mass is 10.0. The van der Waals surface area contributed by atoms with Crippen LogP contribution in [0.15, 0.2) is 54.9 Å². The molecule has 0 aliphatic carbocycles. The zero-order valence-electron chi connectivity index (χ0n) is 18.2. The van der Waals surface area contributed by atoms with E-state index in [0.29, 0.717) is 36.9 Å². The van der Waals surface area contributed by atoms with Gasteiger partial charge < -0.3 is 10.0 Å². The number of hydrogen-bond acceptors (Lipinski definition) is 4. The fourth-order valence-corrected chi connectivity index (χ4v) is 4.29. The van der Waals surface area contributed by atoms with Gasteiger partial charge in [-0.25, -0.2) is 14.4 Å². The highest BCUT2D eigenvalue weighted by Gasteiger charge is 2.33. The van der Waals surface area contributed by atoms with Crippen molar-refractivity contribution in [2.75, 3.05) is 11.4 Å². The molecule has 1 N–H and O–H groups in total. The van der Waals surface area contributed by atoms with Gasteiger partial charge in [0.05, 0.1) is 23.7 Å². The number of anilines is 1. The lowest BCUT2D eigenvalue weighted by Gasteiger charge is -2.27.